The summed E-state index contributed by atoms with van der Waals surface area (Å²) in [5.41, 5.74) is 4.80. The topological polar surface area (TPSA) is 148 Å². The number of esters is 2. The Labute approximate surface area is 292 Å². The first-order chi connectivity index (χ1) is 23.7. The third-order valence-electron chi connectivity index (χ3n) is 8.58. The highest BCUT2D eigenvalue weighted by molar-refractivity contribution is 6.34. The molecule has 50 heavy (non-hydrogen) atoms. The van der Waals surface area contributed by atoms with Crippen LogP contribution in [0.4, 0.5) is 13.2 Å². The van der Waals surface area contributed by atoms with Crippen molar-refractivity contribution in [1.82, 2.24) is 15.5 Å². The van der Waals surface area contributed by atoms with Gasteiger partial charge in [-0.05, 0) is 56.5 Å². The number of nitrogens with two attached hydrogens (primary N) is 1. The Morgan fingerprint density at radius 3 is 2.00 bits per heavy atom. The van der Waals surface area contributed by atoms with E-state index in [1.165, 1.54) is 26.1 Å². The number of benzene rings is 2. The van der Waals surface area contributed by atoms with E-state index in [4.69, 9.17) is 10.5 Å². The molecule has 0 spiro atoms. The first kappa shape index (κ1) is 41.9. The first-order valence-electron chi connectivity index (χ1n) is 17.3. The van der Waals surface area contributed by atoms with Gasteiger partial charge in [0, 0.05) is 12.5 Å². The van der Waals surface area contributed by atoms with Gasteiger partial charge in [-0.25, -0.2) is 9.59 Å². The number of nitrogens with one attached hydrogen (secondary N) is 2. The molecular formula is C37H51F3N4O6. The van der Waals surface area contributed by atoms with Crippen molar-refractivity contribution in [3.63, 3.8) is 0 Å². The number of likely N-dealkylation sites (N-methyl/N-ethyl adjacent to an activating group) is 1. The third-order valence-corrected chi connectivity index (χ3v) is 8.58. The number of rotatable bonds is 20. The van der Waals surface area contributed by atoms with E-state index in [0.29, 0.717) is 18.4 Å². The summed E-state index contributed by atoms with van der Waals surface area (Å²) >= 11 is 0. The molecule has 0 radical (unpaired) electrons. The summed E-state index contributed by atoms with van der Waals surface area (Å²) < 4.78 is 45.1. The number of halogens is 3. The number of carbonyl (C=O) groups excluding carboxylic acids is 5. The Bertz CT molecular complexity index is 1390. The summed E-state index contributed by atoms with van der Waals surface area (Å²) in [7, 11) is 1.39. The predicted molar refractivity (Wildman–Crippen MR) is 183 cm³/mol. The van der Waals surface area contributed by atoms with Gasteiger partial charge in [-0.2, -0.15) is 13.2 Å². The summed E-state index contributed by atoms with van der Waals surface area (Å²) in [5.74, 6) is -5.38. The fourth-order valence-corrected chi connectivity index (χ4v) is 5.77. The molecule has 0 aliphatic rings. The van der Waals surface area contributed by atoms with Crippen LogP contribution in [0.3, 0.4) is 0 Å². The van der Waals surface area contributed by atoms with Crippen LogP contribution in [-0.2, 0) is 34.9 Å². The molecule has 0 bridgehead atoms. The second kappa shape index (κ2) is 21.1. The van der Waals surface area contributed by atoms with E-state index >= 15 is 0 Å². The van der Waals surface area contributed by atoms with E-state index in [9.17, 15) is 37.1 Å². The third kappa shape index (κ3) is 13.2. The van der Waals surface area contributed by atoms with Gasteiger partial charge < -0.3 is 26.0 Å². The molecule has 0 aliphatic carbocycles. The molecule has 0 fully saturated rings. The SMILES string of the molecule is CCCCCCCCC(CCC)NC(=O)C(c1ccccc1)N(C(=O)C(=O)OC(=O)[C@@H](CCC(N)=O)NC)C(C)c1ccc(C(F)(F)F)cc1. The first-order valence-corrected chi connectivity index (χ1v) is 17.3. The van der Waals surface area contributed by atoms with Crippen LogP contribution in [-0.4, -0.2) is 53.7 Å². The molecule has 10 nitrogen and oxygen atoms in total. The molecule has 2 aromatic rings. The van der Waals surface area contributed by atoms with E-state index < -0.39 is 59.5 Å². The molecule has 2 rings (SSSR count). The maximum absolute atomic E-state index is 14.3. The monoisotopic (exact) mass is 704 g/mol. The quantitative estimate of drug-likeness (QED) is 0.0635. The van der Waals surface area contributed by atoms with Crippen LogP contribution in [0.15, 0.2) is 54.6 Å². The van der Waals surface area contributed by atoms with Crippen LogP contribution in [0.5, 0.6) is 0 Å². The minimum Gasteiger partial charge on any atom is -0.385 e. The number of carbonyl (C=O) groups is 5. The van der Waals surface area contributed by atoms with Crippen molar-refractivity contribution < 1.29 is 41.9 Å². The Hall–Kier alpha value is -4.26. The molecular weight excluding hydrogens is 653 g/mol. The van der Waals surface area contributed by atoms with Crippen LogP contribution in [0.25, 0.3) is 0 Å². The van der Waals surface area contributed by atoms with Crippen LogP contribution < -0.4 is 16.4 Å². The van der Waals surface area contributed by atoms with Crippen molar-refractivity contribution in [2.45, 2.75) is 122 Å². The maximum atomic E-state index is 14.3. The normalized spacial score (nSPS) is 13.8. The number of unbranched alkanes of at least 4 members (excludes halogenated alkanes) is 5. The average molecular weight is 705 g/mol. The minimum absolute atomic E-state index is 0.107. The number of hydrogen-bond acceptors (Lipinski definition) is 7. The van der Waals surface area contributed by atoms with Gasteiger partial charge in [0.25, 0.3) is 0 Å². The molecule has 0 aliphatic heterocycles. The van der Waals surface area contributed by atoms with Crippen LogP contribution >= 0.6 is 0 Å². The molecule has 3 amide bonds. The smallest absolute Gasteiger partial charge is 0.385 e. The number of nitrogens with zero attached hydrogens (tertiary/aromatic N) is 1. The fraction of sp³-hybridized carbons (Fsp3) is 0.541. The largest absolute Gasteiger partial charge is 0.416 e. The lowest BCUT2D eigenvalue weighted by molar-refractivity contribution is -0.171. The minimum atomic E-state index is -4.61. The molecule has 3 unspecified atom stereocenters. The van der Waals surface area contributed by atoms with E-state index in [2.05, 4.69) is 17.6 Å². The van der Waals surface area contributed by atoms with Crippen molar-refractivity contribution in [3.05, 3.63) is 71.3 Å². The highest BCUT2D eigenvalue weighted by Crippen LogP contribution is 2.34. The second-order valence-corrected chi connectivity index (χ2v) is 12.4. The maximum Gasteiger partial charge on any atom is 0.416 e. The highest BCUT2D eigenvalue weighted by atomic mass is 19.4. The van der Waals surface area contributed by atoms with E-state index in [-0.39, 0.29) is 24.4 Å². The van der Waals surface area contributed by atoms with Crippen LogP contribution in [0, 0.1) is 0 Å². The standard InChI is InChI=1S/C37H51F3N4O6/c1-5-7-8-9-10-14-18-29(15-6-2)43-33(46)32(27-16-12-11-13-17-27)44(25(3)26-19-21-28(22-20-26)37(38,39)40)34(47)36(49)50-35(48)30(42-4)23-24-31(41)45/h11-13,16-17,19-22,25,29-30,32,42H,5-10,14-15,18,23-24H2,1-4H3,(H2,41,45)(H,43,46)/t25?,29?,30-,32?/m1/s1. The molecule has 0 saturated heterocycles. The second-order valence-electron chi connectivity index (χ2n) is 12.4. The molecule has 13 heteroatoms. The number of primary amides is 1. The van der Waals surface area contributed by atoms with Crippen molar-refractivity contribution in [3.8, 4) is 0 Å². The number of ether oxygens (including phenoxy) is 1. The summed E-state index contributed by atoms with van der Waals surface area (Å²) in [6, 6.07) is 8.30. The highest BCUT2D eigenvalue weighted by Gasteiger charge is 2.41. The molecule has 0 heterocycles. The van der Waals surface area contributed by atoms with Gasteiger partial charge in [0.05, 0.1) is 11.6 Å². The predicted octanol–water partition coefficient (Wildman–Crippen LogP) is 6.30. The summed E-state index contributed by atoms with van der Waals surface area (Å²) in [5, 5.41) is 5.68. The lowest BCUT2D eigenvalue weighted by atomic mass is 9.97. The van der Waals surface area contributed by atoms with Crippen LogP contribution in [0.2, 0.25) is 0 Å². The van der Waals surface area contributed by atoms with Gasteiger partial charge in [-0.1, -0.05) is 101 Å². The lowest BCUT2D eigenvalue weighted by Gasteiger charge is -2.36. The Morgan fingerprint density at radius 2 is 1.44 bits per heavy atom. The fourth-order valence-electron chi connectivity index (χ4n) is 5.77. The molecule has 276 valence electrons. The molecule has 0 saturated carbocycles. The summed E-state index contributed by atoms with van der Waals surface area (Å²) in [6.45, 7) is 5.61. The lowest BCUT2D eigenvalue weighted by Crippen LogP contribution is -2.50. The van der Waals surface area contributed by atoms with Gasteiger partial charge in [0.15, 0.2) is 0 Å². The molecule has 2 aromatic carbocycles. The van der Waals surface area contributed by atoms with E-state index in [1.807, 2.05) is 6.92 Å². The van der Waals surface area contributed by atoms with Crippen LogP contribution in [0.1, 0.15) is 120 Å². The van der Waals surface area contributed by atoms with Gasteiger partial charge >= 0.3 is 24.0 Å². The number of alkyl halides is 3. The Kier molecular flexibility index (Phi) is 17.7. The molecule has 4 atom stereocenters. The zero-order valence-corrected chi connectivity index (χ0v) is 29.4. The van der Waals surface area contributed by atoms with Gasteiger partial charge in [0.2, 0.25) is 11.8 Å². The summed E-state index contributed by atoms with van der Waals surface area (Å²) in [4.78, 5) is 66.8. The van der Waals surface area contributed by atoms with Gasteiger partial charge in [-0.15, -0.1) is 0 Å². The summed E-state index contributed by atoms with van der Waals surface area (Å²) in [6.07, 6.45) is 3.60. The van der Waals surface area contributed by atoms with Gasteiger partial charge in [-0.3, -0.25) is 14.4 Å². The van der Waals surface area contributed by atoms with E-state index in [0.717, 1.165) is 62.0 Å². The molecule has 4 N–H and O–H groups in total. The van der Waals surface area contributed by atoms with Crippen molar-refractivity contribution in [2.75, 3.05) is 7.05 Å². The van der Waals surface area contributed by atoms with Gasteiger partial charge in [0.1, 0.15) is 12.1 Å². The van der Waals surface area contributed by atoms with Crippen molar-refractivity contribution in [2.24, 2.45) is 5.73 Å². The zero-order chi connectivity index (χ0) is 37.3. The zero-order valence-electron chi connectivity index (χ0n) is 29.4. The number of amides is 3. The van der Waals surface area contributed by atoms with Crippen molar-refractivity contribution >= 4 is 29.7 Å². The number of hydrogen-bond donors (Lipinski definition) is 3. The molecule has 0 aromatic heterocycles. The van der Waals surface area contributed by atoms with E-state index in [1.54, 1.807) is 30.3 Å². The Balaban J connectivity index is 2.54. The Morgan fingerprint density at radius 1 is 0.820 bits per heavy atom. The average Bonchev–Trinajstić information content (AvgIpc) is 3.08. The van der Waals surface area contributed by atoms with Crippen molar-refractivity contribution in [1.29, 1.82) is 0 Å².